The van der Waals surface area contributed by atoms with Crippen LogP contribution in [0.4, 0.5) is 0 Å². The molecule has 0 amide bonds. The highest BCUT2D eigenvalue weighted by Gasteiger charge is 2.36. The van der Waals surface area contributed by atoms with Gasteiger partial charge >= 0.3 is 0 Å². The van der Waals surface area contributed by atoms with Gasteiger partial charge in [0.15, 0.2) is 11.5 Å². The molecular weight excluding hydrogens is 256 g/mol. The van der Waals surface area contributed by atoms with Crippen molar-refractivity contribution < 1.29 is 19.4 Å². The SMILES string of the molecule is CCCC1C=CC2=C(O1)C(=O)c1c(O)cccc1C2=O. The van der Waals surface area contributed by atoms with Gasteiger partial charge in [0.2, 0.25) is 5.78 Å². The van der Waals surface area contributed by atoms with Crippen LogP contribution in [0, 0.1) is 0 Å². The van der Waals surface area contributed by atoms with Crippen LogP contribution in [0.5, 0.6) is 5.75 Å². The zero-order chi connectivity index (χ0) is 14.3. The number of Topliss-reactive ketones (excluding diaryl/α,β-unsaturated/α-hetero) is 2. The number of fused-ring (bicyclic) bond motifs is 1. The van der Waals surface area contributed by atoms with E-state index in [1.165, 1.54) is 6.07 Å². The molecule has 4 heteroatoms. The lowest BCUT2D eigenvalue weighted by Crippen LogP contribution is -2.28. The highest BCUT2D eigenvalue weighted by molar-refractivity contribution is 6.28. The summed E-state index contributed by atoms with van der Waals surface area (Å²) in [5, 5.41) is 9.83. The zero-order valence-electron chi connectivity index (χ0n) is 11.1. The van der Waals surface area contributed by atoms with Crippen LogP contribution in [-0.4, -0.2) is 22.8 Å². The van der Waals surface area contributed by atoms with Gasteiger partial charge in [-0.25, -0.2) is 0 Å². The van der Waals surface area contributed by atoms with E-state index in [1.807, 2.05) is 6.92 Å². The van der Waals surface area contributed by atoms with Gasteiger partial charge in [0, 0.05) is 5.56 Å². The van der Waals surface area contributed by atoms with E-state index >= 15 is 0 Å². The Bertz CT molecular complexity index is 667. The van der Waals surface area contributed by atoms with E-state index in [2.05, 4.69) is 0 Å². The molecule has 102 valence electrons. The molecule has 0 radical (unpaired) electrons. The third-order valence-corrected chi connectivity index (χ3v) is 3.53. The molecule has 0 saturated carbocycles. The summed E-state index contributed by atoms with van der Waals surface area (Å²) in [6.45, 7) is 2.02. The Morgan fingerprint density at radius 2 is 2.05 bits per heavy atom. The van der Waals surface area contributed by atoms with Crippen LogP contribution in [-0.2, 0) is 4.74 Å². The molecule has 0 bridgehead atoms. The maximum absolute atomic E-state index is 12.4. The Morgan fingerprint density at radius 3 is 2.80 bits per heavy atom. The van der Waals surface area contributed by atoms with E-state index in [9.17, 15) is 14.7 Å². The number of aromatic hydroxyl groups is 1. The van der Waals surface area contributed by atoms with E-state index in [0.717, 1.165) is 12.8 Å². The molecule has 20 heavy (non-hydrogen) atoms. The maximum atomic E-state index is 12.4. The number of carbonyl (C=O) groups excluding carboxylic acids is 2. The third-order valence-electron chi connectivity index (χ3n) is 3.53. The standard InChI is InChI=1S/C16H14O4/c1-2-4-9-7-8-11-14(18)10-5-3-6-12(17)13(10)15(19)16(11)20-9/h3,5-9,17H,2,4H2,1H3. The lowest BCUT2D eigenvalue weighted by Gasteiger charge is -2.26. The smallest absolute Gasteiger partial charge is 0.232 e. The molecule has 1 N–H and O–H groups in total. The monoisotopic (exact) mass is 270 g/mol. The molecule has 0 saturated heterocycles. The van der Waals surface area contributed by atoms with Gasteiger partial charge in [-0.1, -0.05) is 25.5 Å². The maximum Gasteiger partial charge on any atom is 0.232 e. The number of allylic oxidation sites excluding steroid dienone is 3. The van der Waals surface area contributed by atoms with Gasteiger partial charge in [-0.3, -0.25) is 9.59 Å². The first-order chi connectivity index (χ1) is 9.63. The fourth-order valence-corrected chi connectivity index (χ4v) is 2.55. The Morgan fingerprint density at radius 1 is 1.25 bits per heavy atom. The van der Waals surface area contributed by atoms with Gasteiger partial charge < -0.3 is 9.84 Å². The molecule has 0 aromatic heterocycles. The van der Waals surface area contributed by atoms with Crippen molar-refractivity contribution in [3.63, 3.8) is 0 Å². The number of rotatable bonds is 2. The van der Waals surface area contributed by atoms with Crippen LogP contribution in [0.3, 0.4) is 0 Å². The summed E-state index contributed by atoms with van der Waals surface area (Å²) < 4.78 is 5.64. The van der Waals surface area contributed by atoms with Crippen LogP contribution in [0.2, 0.25) is 0 Å². The molecule has 3 rings (SSSR count). The summed E-state index contributed by atoms with van der Waals surface area (Å²) in [5.41, 5.74) is 0.554. The minimum absolute atomic E-state index is 0.0433. The summed E-state index contributed by atoms with van der Waals surface area (Å²) in [7, 11) is 0. The molecule has 1 atom stereocenters. The first-order valence-electron chi connectivity index (χ1n) is 6.64. The molecule has 1 aromatic rings. The van der Waals surface area contributed by atoms with Crippen molar-refractivity contribution in [1.29, 1.82) is 0 Å². The largest absolute Gasteiger partial charge is 0.507 e. The number of phenols is 1. The first-order valence-corrected chi connectivity index (χ1v) is 6.64. The second kappa shape index (κ2) is 4.63. The number of hydrogen-bond acceptors (Lipinski definition) is 4. The molecule has 1 heterocycles. The number of phenolic OH excluding ortho intramolecular Hbond substituents is 1. The number of ether oxygens (including phenoxy) is 1. The number of benzene rings is 1. The molecule has 1 aromatic carbocycles. The van der Waals surface area contributed by atoms with Crippen molar-refractivity contribution in [2.75, 3.05) is 0 Å². The Kier molecular flexibility index (Phi) is 2.93. The molecule has 0 fully saturated rings. The van der Waals surface area contributed by atoms with Gasteiger partial charge in [-0.05, 0) is 24.6 Å². The molecule has 4 nitrogen and oxygen atoms in total. The van der Waals surface area contributed by atoms with Crippen LogP contribution in [0.1, 0.15) is 40.5 Å². The van der Waals surface area contributed by atoms with Crippen LogP contribution < -0.4 is 0 Å². The number of ketones is 2. The Balaban J connectivity index is 2.08. The van der Waals surface area contributed by atoms with E-state index in [1.54, 1.807) is 24.3 Å². The van der Waals surface area contributed by atoms with Crippen molar-refractivity contribution in [2.45, 2.75) is 25.9 Å². The average Bonchev–Trinajstić information content (AvgIpc) is 2.45. The average molecular weight is 270 g/mol. The van der Waals surface area contributed by atoms with Crippen molar-refractivity contribution in [3.05, 3.63) is 52.8 Å². The zero-order valence-corrected chi connectivity index (χ0v) is 11.1. The van der Waals surface area contributed by atoms with Crippen LogP contribution in [0.25, 0.3) is 0 Å². The van der Waals surface area contributed by atoms with Crippen molar-refractivity contribution in [2.24, 2.45) is 0 Å². The molecule has 1 unspecified atom stereocenters. The second-order valence-electron chi connectivity index (χ2n) is 4.90. The van der Waals surface area contributed by atoms with Gasteiger partial charge in [0.05, 0.1) is 11.1 Å². The predicted octanol–water partition coefficient (Wildman–Crippen LogP) is 2.78. The van der Waals surface area contributed by atoms with E-state index in [-0.39, 0.29) is 40.1 Å². The van der Waals surface area contributed by atoms with Gasteiger partial charge in [-0.2, -0.15) is 0 Å². The van der Waals surface area contributed by atoms with E-state index < -0.39 is 5.78 Å². The lowest BCUT2D eigenvalue weighted by atomic mass is 9.86. The first kappa shape index (κ1) is 12.7. The highest BCUT2D eigenvalue weighted by atomic mass is 16.5. The Labute approximate surface area is 116 Å². The Hall–Kier alpha value is -2.36. The quantitative estimate of drug-likeness (QED) is 0.897. The van der Waals surface area contributed by atoms with Crippen LogP contribution >= 0.6 is 0 Å². The minimum Gasteiger partial charge on any atom is -0.507 e. The molecular formula is C16H14O4. The molecule has 2 aliphatic rings. The highest BCUT2D eigenvalue weighted by Crippen LogP contribution is 2.35. The fraction of sp³-hybridized carbons (Fsp3) is 0.250. The van der Waals surface area contributed by atoms with Crippen molar-refractivity contribution >= 4 is 11.6 Å². The van der Waals surface area contributed by atoms with Crippen molar-refractivity contribution in [3.8, 4) is 5.75 Å². The molecule has 1 aliphatic heterocycles. The summed E-state index contributed by atoms with van der Waals surface area (Å²) in [5.74, 6) is -0.822. The summed E-state index contributed by atoms with van der Waals surface area (Å²) in [4.78, 5) is 24.8. The van der Waals surface area contributed by atoms with Crippen molar-refractivity contribution in [1.82, 2.24) is 0 Å². The molecule has 1 aliphatic carbocycles. The van der Waals surface area contributed by atoms with Crippen LogP contribution in [0.15, 0.2) is 41.7 Å². The van der Waals surface area contributed by atoms with E-state index in [4.69, 9.17) is 4.74 Å². The normalized spacial score (nSPS) is 20.6. The van der Waals surface area contributed by atoms with Gasteiger partial charge in [-0.15, -0.1) is 0 Å². The summed E-state index contributed by atoms with van der Waals surface area (Å²) in [6, 6.07) is 4.50. The van der Waals surface area contributed by atoms with Gasteiger partial charge in [0.1, 0.15) is 11.9 Å². The minimum atomic E-state index is -0.418. The van der Waals surface area contributed by atoms with Gasteiger partial charge in [0.25, 0.3) is 0 Å². The number of hydrogen-bond donors (Lipinski definition) is 1. The fourth-order valence-electron chi connectivity index (χ4n) is 2.55. The summed E-state index contributed by atoms with van der Waals surface area (Å²) in [6.07, 6.45) is 4.97. The lowest BCUT2D eigenvalue weighted by molar-refractivity contribution is 0.0785. The van der Waals surface area contributed by atoms with E-state index in [0.29, 0.717) is 0 Å². The third kappa shape index (κ3) is 1.76. The summed E-state index contributed by atoms with van der Waals surface area (Å²) >= 11 is 0. The topological polar surface area (TPSA) is 63.6 Å². The predicted molar refractivity (Wildman–Crippen MR) is 72.7 cm³/mol. The number of carbonyl (C=O) groups is 2. The molecule has 0 spiro atoms. The second-order valence-corrected chi connectivity index (χ2v) is 4.90.